The molecule has 1 saturated heterocycles. The van der Waals surface area contributed by atoms with Crippen molar-refractivity contribution in [1.82, 2.24) is 14.7 Å². The van der Waals surface area contributed by atoms with Gasteiger partial charge in [0, 0.05) is 25.8 Å². The van der Waals surface area contributed by atoms with E-state index in [-0.39, 0.29) is 16.7 Å². The number of hydrogen-bond donors (Lipinski definition) is 1. The molecule has 7 nitrogen and oxygen atoms in total. The number of amides is 1. The van der Waals surface area contributed by atoms with Gasteiger partial charge in [-0.1, -0.05) is 36.4 Å². The van der Waals surface area contributed by atoms with Crippen LogP contribution in [0, 0.1) is 18.3 Å². The summed E-state index contributed by atoms with van der Waals surface area (Å²) in [5, 5.41) is 12.5. The zero-order valence-corrected chi connectivity index (χ0v) is 18.8. The molecule has 1 aliphatic rings. The molecule has 1 amide bonds. The molecular weight excluding hydrogens is 414 g/mol. The number of rotatable bonds is 6. The molecule has 0 radical (unpaired) electrons. The molecule has 1 aromatic carbocycles. The largest absolute Gasteiger partial charge is 0.356 e. The van der Waals surface area contributed by atoms with Crippen LogP contribution in [0.15, 0.2) is 59.0 Å². The lowest BCUT2D eigenvalue weighted by Gasteiger charge is -2.29. The zero-order chi connectivity index (χ0) is 23.2. The molecule has 0 atom stereocenters. The molecule has 4 rings (SSSR count). The van der Waals surface area contributed by atoms with Crippen LogP contribution in [0.1, 0.15) is 36.0 Å². The first-order valence-electron chi connectivity index (χ1n) is 11.3. The molecule has 0 spiro atoms. The molecule has 168 valence electrons. The van der Waals surface area contributed by atoms with Crippen molar-refractivity contribution in [2.75, 3.05) is 24.5 Å². The molecule has 33 heavy (non-hydrogen) atoms. The number of benzene rings is 1. The Bertz CT molecular complexity index is 1280. The minimum Gasteiger partial charge on any atom is -0.356 e. The molecule has 3 aromatic rings. The summed E-state index contributed by atoms with van der Waals surface area (Å²) in [4.78, 5) is 33.1. The van der Waals surface area contributed by atoms with E-state index in [9.17, 15) is 14.9 Å². The summed E-state index contributed by atoms with van der Waals surface area (Å²) >= 11 is 0. The van der Waals surface area contributed by atoms with Crippen molar-refractivity contribution in [3.05, 3.63) is 81.3 Å². The molecule has 1 aliphatic heterocycles. The Balaban J connectivity index is 1.68. The highest BCUT2D eigenvalue weighted by Gasteiger charge is 2.21. The molecular formula is C26H27N5O2. The third-order valence-corrected chi connectivity index (χ3v) is 5.92. The van der Waals surface area contributed by atoms with Crippen LogP contribution in [-0.4, -0.2) is 34.9 Å². The molecule has 3 heterocycles. The number of pyridine rings is 1. The van der Waals surface area contributed by atoms with Gasteiger partial charge >= 0.3 is 0 Å². The Labute approximate surface area is 193 Å². The highest BCUT2D eigenvalue weighted by atomic mass is 16.1. The summed E-state index contributed by atoms with van der Waals surface area (Å²) < 4.78 is 1.48. The van der Waals surface area contributed by atoms with Crippen molar-refractivity contribution < 1.29 is 4.79 Å². The van der Waals surface area contributed by atoms with Gasteiger partial charge in [-0.05, 0) is 55.9 Å². The molecule has 0 bridgehead atoms. The fourth-order valence-corrected chi connectivity index (χ4v) is 4.13. The van der Waals surface area contributed by atoms with E-state index in [1.165, 1.54) is 10.5 Å². The average molecular weight is 442 g/mol. The molecule has 0 unspecified atom stereocenters. The third kappa shape index (κ3) is 4.96. The lowest BCUT2D eigenvalue weighted by Crippen LogP contribution is -2.34. The number of nitrogens with zero attached hydrogens (tertiary/aromatic N) is 4. The van der Waals surface area contributed by atoms with E-state index in [2.05, 4.69) is 10.2 Å². The maximum absolute atomic E-state index is 13.4. The number of hydrogen-bond acceptors (Lipinski definition) is 5. The van der Waals surface area contributed by atoms with Gasteiger partial charge in [0.05, 0.1) is 5.56 Å². The highest BCUT2D eigenvalue weighted by Crippen LogP contribution is 2.23. The second kappa shape index (κ2) is 10.1. The molecule has 7 heteroatoms. The number of carbonyl (C=O) groups excluding carboxylic acids is 1. The molecule has 1 fully saturated rings. The van der Waals surface area contributed by atoms with E-state index in [0.717, 1.165) is 43.5 Å². The SMILES string of the molecule is Cc1cccn2c(=O)c(C=C(C#N)C(=O)NCCc3ccccc3)c(N3CCCCC3)nc12. The monoisotopic (exact) mass is 441 g/mol. The van der Waals surface area contributed by atoms with E-state index in [4.69, 9.17) is 4.98 Å². The zero-order valence-electron chi connectivity index (χ0n) is 18.8. The van der Waals surface area contributed by atoms with Gasteiger partial charge in [0.15, 0.2) is 0 Å². The maximum Gasteiger partial charge on any atom is 0.267 e. The minimum atomic E-state index is -0.494. The number of nitrogens with one attached hydrogen (secondary N) is 1. The smallest absolute Gasteiger partial charge is 0.267 e. The van der Waals surface area contributed by atoms with Crippen molar-refractivity contribution in [3.63, 3.8) is 0 Å². The van der Waals surface area contributed by atoms with Gasteiger partial charge in [-0.25, -0.2) is 4.98 Å². The topological polar surface area (TPSA) is 90.5 Å². The van der Waals surface area contributed by atoms with Crippen molar-refractivity contribution in [2.24, 2.45) is 0 Å². The molecule has 2 aromatic heterocycles. The van der Waals surface area contributed by atoms with Gasteiger partial charge in [-0.2, -0.15) is 5.26 Å². The summed E-state index contributed by atoms with van der Waals surface area (Å²) in [5.74, 6) is 0.0469. The third-order valence-electron chi connectivity index (χ3n) is 5.92. The second-order valence-electron chi connectivity index (χ2n) is 8.25. The van der Waals surface area contributed by atoms with Gasteiger partial charge in [-0.3, -0.25) is 14.0 Å². The number of aromatic nitrogens is 2. The summed E-state index contributed by atoms with van der Waals surface area (Å²) in [6.45, 7) is 3.90. The maximum atomic E-state index is 13.4. The van der Waals surface area contributed by atoms with E-state index in [1.54, 1.807) is 12.3 Å². The standard InChI is InChI=1S/C26H27N5O2/c1-19-9-8-16-31-23(19)29-24(30-14-6-3-7-15-30)22(26(31)33)17-21(18-27)25(32)28-13-12-20-10-4-2-5-11-20/h2,4-5,8-11,16-17H,3,6-7,12-15H2,1H3,(H,28,32). The lowest BCUT2D eigenvalue weighted by molar-refractivity contribution is -0.117. The highest BCUT2D eigenvalue weighted by molar-refractivity contribution is 6.02. The van der Waals surface area contributed by atoms with Crippen molar-refractivity contribution in [2.45, 2.75) is 32.6 Å². The summed E-state index contributed by atoms with van der Waals surface area (Å²) in [7, 11) is 0. The van der Waals surface area contributed by atoms with E-state index in [0.29, 0.717) is 24.4 Å². The van der Waals surface area contributed by atoms with E-state index in [1.807, 2.05) is 49.4 Å². The Kier molecular flexibility index (Phi) is 6.84. The Morgan fingerprint density at radius 2 is 1.91 bits per heavy atom. The summed E-state index contributed by atoms with van der Waals surface area (Å²) in [6.07, 6.45) is 6.89. The minimum absolute atomic E-state index is 0.104. The lowest BCUT2D eigenvalue weighted by atomic mass is 10.1. The van der Waals surface area contributed by atoms with Crippen LogP contribution in [0.4, 0.5) is 5.82 Å². The van der Waals surface area contributed by atoms with Crippen LogP contribution in [-0.2, 0) is 11.2 Å². The predicted molar refractivity (Wildman–Crippen MR) is 129 cm³/mol. The Morgan fingerprint density at radius 1 is 1.15 bits per heavy atom. The molecule has 0 aliphatic carbocycles. The number of nitriles is 1. The fraction of sp³-hybridized carbons (Fsp3) is 0.308. The summed E-state index contributed by atoms with van der Waals surface area (Å²) in [5.41, 5.74) is 2.46. The Hall–Kier alpha value is -3.92. The number of carbonyl (C=O) groups is 1. The van der Waals surface area contributed by atoms with Crippen molar-refractivity contribution in [1.29, 1.82) is 5.26 Å². The van der Waals surface area contributed by atoms with Gasteiger partial charge < -0.3 is 10.2 Å². The number of fused-ring (bicyclic) bond motifs is 1. The predicted octanol–water partition coefficient (Wildman–Crippen LogP) is 3.26. The fourth-order valence-electron chi connectivity index (χ4n) is 4.13. The average Bonchev–Trinajstić information content (AvgIpc) is 2.85. The van der Waals surface area contributed by atoms with Crippen molar-refractivity contribution >= 4 is 23.4 Å². The number of anilines is 1. The summed E-state index contributed by atoms with van der Waals surface area (Å²) in [6, 6.07) is 15.5. The number of piperidine rings is 1. The molecule has 0 saturated carbocycles. The van der Waals surface area contributed by atoms with Crippen LogP contribution in [0.3, 0.4) is 0 Å². The van der Waals surface area contributed by atoms with Crippen LogP contribution in [0.2, 0.25) is 0 Å². The Morgan fingerprint density at radius 3 is 2.64 bits per heavy atom. The van der Waals surface area contributed by atoms with Crippen LogP contribution < -0.4 is 15.8 Å². The van der Waals surface area contributed by atoms with Crippen LogP contribution >= 0.6 is 0 Å². The first-order valence-corrected chi connectivity index (χ1v) is 11.3. The van der Waals surface area contributed by atoms with Gasteiger partial charge in [0.1, 0.15) is 23.1 Å². The van der Waals surface area contributed by atoms with E-state index < -0.39 is 5.91 Å². The van der Waals surface area contributed by atoms with Gasteiger partial charge in [0.2, 0.25) is 0 Å². The quantitative estimate of drug-likeness (QED) is 0.468. The second-order valence-corrected chi connectivity index (χ2v) is 8.25. The molecule has 1 N–H and O–H groups in total. The van der Waals surface area contributed by atoms with Crippen LogP contribution in [0.25, 0.3) is 11.7 Å². The normalized spacial score (nSPS) is 14.2. The number of aryl methyl sites for hydroxylation is 1. The van der Waals surface area contributed by atoms with E-state index >= 15 is 0 Å². The first kappa shape index (κ1) is 22.3. The first-order chi connectivity index (χ1) is 16.1. The van der Waals surface area contributed by atoms with Crippen molar-refractivity contribution in [3.8, 4) is 6.07 Å². The van der Waals surface area contributed by atoms with Crippen LogP contribution in [0.5, 0.6) is 0 Å². The van der Waals surface area contributed by atoms with Gasteiger partial charge in [-0.15, -0.1) is 0 Å². The van der Waals surface area contributed by atoms with Gasteiger partial charge in [0.25, 0.3) is 11.5 Å².